The molecule has 0 bridgehead atoms. The van der Waals surface area contributed by atoms with Gasteiger partial charge in [-0.05, 0) is 42.5 Å². The molecule has 0 radical (unpaired) electrons. The maximum atomic E-state index is 12.3. The SMILES string of the molecule is CS(=O)(=O)c1ccccc1-c1nc(-c2ccccc2)oc1-c1ccc(Cl)cc1. The van der Waals surface area contributed by atoms with Crippen LogP contribution in [0.2, 0.25) is 5.02 Å². The standard InChI is InChI=1S/C22H16ClNO3S/c1-28(25,26)19-10-6-5-9-18(19)20-21(15-11-13-17(23)14-12-15)27-22(24-20)16-7-3-2-4-8-16/h2-14H,1H3. The number of oxazole rings is 1. The summed E-state index contributed by atoms with van der Waals surface area (Å²) in [4.78, 5) is 4.87. The third-order valence-electron chi connectivity index (χ3n) is 4.30. The maximum Gasteiger partial charge on any atom is 0.227 e. The van der Waals surface area contributed by atoms with E-state index in [1.54, 1.807) is 36.4 Å². The van der Waals surface area contributed by atoms with Crippen LogP contribution in [0.25, 0.3) is 34.0 Å². The van der Waals surface area contributed by atoms with Crippen LogP contribution in [0.4, 0.5) is 0 Å². The van der Waals surface area contributed by atoms with Crippen LogP contribution in [0.1, 0.15) is 0 Å². The van der Waals surface area contributed by atoms with Crippen LogP contribution in [-0.4, -0.2) is 19.7 Å². The van der Waals surface area contributed by atoms with E-state index in [-0.39, 0.29) is 4.90 Å². The van der Waals surface area contributed by atoms with Crippen LogP contribution in [0.3, 0.4) is 0 Å². The molecular weight excluding hydrogens is 394 g/mol. The zero-order chi connectivity index (χ0) is 19.7. The summed E-state index contributed by atoms with van der Waals surface area (Å²) in [5, 5.41) is 0.602. The fourth-order valence-corrected chi connectivity index (χ4v) is 4.01. The number of hydrogen-bond donors (Lipinski definition) is 0. The van der Waals surface area contributed by atoms with Gasteiger partial charge in [-0.15, -0.1) is 0 Å². The predicted molar refractivity (Wildman–Crippen MR) is 111 cm³/mol. The Labute approximate surface area is 168 Å². The lowest BCUT2D eigenvalue weighted by molar-refractivity contribution is 0.589. The van der Waals surface area contributed by atoms with Crippen molar-refractivity contribution in [3.8, 4) is 34.0 Å². The summed E-state index contributed by atoms with van der Waals surface area (Å²) in [6.07, 6.45) is 1.19. The molecule has 4 nitrogen and oxygen atoms in total. The Morgan fingerprint density at radius 2 is 1.46 bits per heavy atom. The molecule has 0 fully saturated rings. The van der Waals surface area contributed by atoms with Gasteiger partial charge < -0.3 is 4.42 Å². The van der Waals surface area contributed by atoms with Crippen LogP contribution in [0, 0.1) is 0 Å². The molecule has 4 aromatic rings. The molecule has 0 aliphatic carbocycles. The Balaban J connectivity index is 1.99. The monoisotopic (exact) mass is 409 g/mol. The first kappa shape index (κ1) is 18.5. The number of hydrogen-bond acceptors (Lipinski definition) is 4. The van der Waals surface area contributed by atoms with Crippen molar-refractivity contribution >= 4 is 21.4 Å². The minimum Gasteiger partial charge on any atom is -0.435 e. The average molecular weight is 410 g/mol. The van der Waals surface area contributed by atoms with Gasteiger partial charge in [-0.1, -0.05) is 48.0 Å². The van der Waals surface area contributed by atoms with Crippen LogP contribution in [0.5, 0.6) is 0 Å². The molecule has 6 heteroatoms. The number of benzene rings is 3. The first-order chi connectivity index (χ1) is 13.4. The van der Waals surface area contributed by atoms with E-state index < -0.39 is 9.84 Å². The van der Waals surface area contributed by atoms with Crippen molar-refractivity contribution in [2.24, 2.45) is 0 Å². The van der Waals surface area contributed by atoms with E-state index in [4.69, 9.17) is 16.0 Å². The fraction of sp³-hybridized carbons (Fsp3) is 0.0455. The second-order valence-corrected chi connectivity index (χ2v) is 8.76. The summed E-state index contributed by atoms with van der Waals surface area (Å²) in [6, 6.07) is 23.4. The molecule has 4 rings (SSSR count). The van der Waals surface area contributed by atoms with Crippen molar-refractivity contribution < 1.29 is 12.8 Å². The van der Waals surface area contributed by atoms with E-state index in [0.29, 0.717) is 27.9 Å². The molecule has 3 aromatic carbocycles. The lowest BCUT2D eigenvalue weighted by atomic mass is 10.1. The van der Waals surface area contributed by atoms with Gasteiger partial charge in [0.2, 0.25) is 5.89 Å². The summed E-state index contributed by atoms with van der Waals surface area (Å²) >= 11 is 6.02. The molecule has 140 valence electrons. The molecule has 1 aromatic heterocycles. The number of rotatable bonds is 4. The zero-order valence-electron chi connectivity index (χ0n) is 15.0. The zero-order valence-corrected chi connectivity index (χ0v) is 16.5. The molecule has 0 aliphatic heterocycles. The number of aromatic nitrogens is 1. The topological polar surface area (TPSA) is 60.2 Å². The normalized spacial score (nSPS) is 11.5. The highest BCUT2D eigenvalue weighted by molar-refractivity contribution is 7.90. The van der Waals surface area contributed by atoms with E-state index in [0.717, 1.165) is 11.1 Å². The Hall–Kier alpha value is -2.89. The van der Waals surface area contributed by atoms with E-state index >= 15 is 0 Å². The second-order valence-electron chi connectivity index (χ2n) is 6.34. The summed E-state index contributed by atoms with van der Waals surface area (Å²) in [7, 11) is -3.45. The van der Waals surface area contributed by atoms with E-state index in [1.165, 1.54) is 6.26 Å². The van der Waals surface area contributed by atoms with Crippen LogP contribution >= 0.6 is 11.6 Å². The molecule has 28 heavy (non-hydrogen) atoms. The first-order valence-corrected chi connectivity index (χ1v) is 10.8. The van der Waals surface area contributed by atoms with Crippen molar-refractivity contribution in [3.05, 3.63) is 83.9 Å². The third-order valence-corrected chi connectivity index (χ3v) is 5.70. The van der Waals surface area contributed by atoms with E-state index in [9.17, 15) is 8.42 Å². The highest BCUT2D eigenvalue weighted by atomic mass is 35.5. The lowest BCUT2D eigenvalue weighted by Crippen LogP contribution is -2.00. The van der Waals surface area contributed by atoms with Crippen molar-refractivity contribution in [3.63, 3.8) is 0 Å². The van der Waals surface area contributed by atoms with Crippen LogP contribution < -0.4 is 0 Å². The van der Waals surface area contributed by atoms with Gasteiger partial charge in [0.25, 0.3) is 0 Å². The van der Waals surface area contributed by atoms with Crippen molar-refractivity contribution in [2.75, 3.05) is 6.26 Å². The number of halogens is 1. The molecule has 0 atom stereocenters. The van der Waals surface area contributed by atoms with E-state index in [1.807, 2.05) is 42.5 Å². The second kappa shape index (κ2) is 7.26. The van der Waals surface area contributed by atoms with Crippen LogP contribution in [0.15, 0.2) is 88.2 Å². The van der Waals surface area contributed by atoms with Gasteiger partial charge >= 0.3 is 0 Å². The summed E-state index contributed by atoms with van der Waals surface area (Å²) in [5.74, 6) is 0.912. The molecule has 0 spiro atoms. The molecular formula is C22H16ClNO3S. The lowest BCUT2D eigenvalue weighted by Gasteiger charge is -2.07. The smallest absolute Gasteiger partial charge is 0.227 e. The average Bonchev–Trinajstić information content (AvgIpc) is 3.14. The van der Waals surface area contributed by atoms with Gasteiger partial charge in [-0.2, -0.15) is 0 Å². The molecule has 0 aliphatic rings. The quantitative estimate of drug-likeness (QED) is 0.431. The maximum absolute atomic E-state index is 12.3. The van der Waals surface area contributed by atoms with Crippen LogP contribution in [-0.2, 0) is 9.84 Å². The molecule has 0 saturated heterocycles. The van der Waals surface area contributed by atoms with Gasteiger partial charge in [0, 0.05) is 28.0 Å². The van der Waals surface area contributed by atoms with Gasteiger partial charge in [0.15, 0.2) is 15.6 Å². The summed E-state index contributed by atoms with van der Waals surface area (Å²) < 4.78 is 30.7. The van der Waals surface area contributed by atoms with Gasteiger partial charge in [-0.25, -0.2) is 13.4 Å². The predicted octanol–water partition coefficient (Wildman–Crippen LogP) is 5.73. The Morgan fingerprint density at radius 1 is 0.821 bits per heavy atom. The molecule has 0 amide bonds. The van der Waals surface area contributed by atoms with Gasteiger partial charge in [0.05, 0.1) is 4.90 Å². The van der Waals surface area contributed by atoms with Crippen molar-refractivity contribution in [1.82, 2.24) is 4.98 Å². The minimum absolute atomic E-state index is 0.207. The summed E-state index contributed by atoms with van der Waals surface area (Å²) in [6.45, 7) is 0. The van der Waals surface area contributed by atoms with Crippen molar-refractivity contribution in [2.45, 2.75) is 4.90 Å². The minimum atomic E-state index is -3.45. The highest BCUT2D eigenvalue weighted by Gasteiger charge is 2.23. The fourth-order valence-electron chi connectivity index (χ4n) is 2.99. The molecule has 1 heterocycles. The molecule has 0 unspecified atom stereocenters. The Bertz CT molecular complexity index is 1230. The number of sulfone groups is 1. The third kappa shape index (κ3) is 3.59. The first-order valence-electron chi connectivity index (χ1n) is 8.55. The molecule has 0 saturated carbocycles. The van der Waals surface area contributed by atoms with Gasteiger partial charge in [-0.3, -0.25) is 0 Å². The van der Waals surface area contributed by atoms with Gasteiger partial charge in [0.1, 0.15) is 5.69 Å². The molecule has 0 N–H and O–H groups in total. The Kier molecular flexibility index (Phi) is 4.79. The summed E-state index contributed by atoms with van der Waals surface area (Å²) in [5.41, 5.74) is 2.54. The highest BCUT2D eigenvalue weighted by Crippen LogP contribution is 2.38. The number of nitrogens with zero attached hydrogens (tertiary/aromatic N) is 1. The largest absolute Gasteiger partial charge is 0.435 e. The van der Waals surface area contributed by atoms with Crippen molar-refractivity contribution in [1.29, 1.82) is 0 Å². The Morgan fingerprint density at radius 3 is 2.14 bits per heavy atom. The van der Waals surface area contributed by atoms with E-state index in [2.05, 4.69) is 4.98 Å².